The van der Waals surface area contributed by atoms with Crippen molar-refractivity contribution in [2.45, 2.75) is 38.0 Å². The third kappa shape index (κ3) is 3.87. The molecule has 23 heavy (non-hydrogen) atoms. The first-order chi connectivity index (χ1) is 11.0. The van der Waals surface area contributed by atoms with Crippen molar-refractivity contribution in [1.29, 1.82) is 0 Å². The number of nitrogens with one attached hydrogen (secondary N) is 1. The van der Waals surface area contributed by atoms with Crippen LogP contribution in [0.2, 0.25) is 5.02 Å². The number of nitrogens with zero attached hydrogens (tertiary/aromatic N) is 1. The van der Waals surface area contributed by atoms with Crippen LogP contribution in [0.4, 0.5) is 0 Å². The summed E-state index contributed by atoms with van der Waals surface area (Å²) in [6.45, 7) is 1.38. The van der Waals surface area contributed by atoms with Crippen molar-refractivity contribution >= 4 is 21.6 Å². The van der Waals surface area contributed by atoms with Crippen molar-refractivity contribution in [3.8, 4) is 0 Å². The highest BCUT2D eigenvalue weighted by Crippen LogP contribution is 2.25. The molecule has 0 unspecified atom stereocenters. The van der Waals surface area contributed by atoms with E-state index in [9.17, 15) is 13.6 Å². The molecule has 1 aromatic carbocycles. The molecule has 0 bridgehead atoms. The highest BCUT2D eigenvalue weighted by molar-refractivity contribution is 7.89. The smallest absolute Gasteiger partial charge is 0.216 e. The molecule has 2 aliphatic heterocycles. The monoisotopic (exact) mass is 360 g/mol. The molecule has 2 heterocycles. The van der Waals surface area contributed by atoms with Crippen molar-refractivity contribution in [3.05, 3.63) is 34.3 Å². The molecule has 1 aromatic rings. The molecule has 2 atom stereocenters. The Bertz CT molecular complexity index is 661. The Kier molecular flexibility index (Phi) is 5.25. The topological polar surface area (TPSA) is 78.9 Å². The molecule has 0 radical (unpaired) electrons. The number of ether oxygens (including phenoxy) is 1. The Balaban J connectivity index is 1.72. The molecule has 0 aromatic heterocycles. The van der Waals surface area contributed by atoms with E-state index in [1.54, 1.807) is 0 Å². The second kappa shape index (κ2) is 7.04. The average Bonchev–Trinajstić information content (AvgIpc) is 3.06. The summed E-state index contributed by atoms with van der Waals surface area (Å²) in [5, 5.41) is 9.92. The van der Waals surface area contributed by atoms with Gasteiger partial charge in [0.1, 0.15) is 0 Å². The summed E-state index contributed by atoms with van der Waals surface area (Å²) in [5.41, 5.74) is 4.19. The highest BCUT2D eigenvalue weighted by Gasteiger charge is 2.34. The van der Waals surface area contributed by atoms with Gasteiger partial charge in [-0.2, -0.15) is 9.79 Å². The SMILES string of the molecule is O=S(=O)(C[C@H](NO)[C@H]1CCCO1)N1CCc2ccc(Cl)cc2C1. The fourth-order valence-electron chi connectivity index (χ4n) is 3.22. The molecule has 0 amide bonds. The number of rotatable bonds is 5. The van der Waals surface area contributed by atoms with Crippen molar-refractivity contribution in [2.24, 2.45) is 0 Å². The zero-order chi connectivity index (χ0) is 16.4. The largest absolute Gasteiger partial charge is 0.376 e. The standard InChI is InChI=1S/C15H21ClN2O4S/c16-13-4-3-11-5-6-18(9-12(11)8-13)23(20,21)10-14(17-19)15-2-1-7-22-15/h3-4,8,14-15,17,19H,1-2,5-7,9-10H2/t14-,15+/m0/s1. The van der Waals surface area contributed by atoms with Gasteiger partial charge in [0.25, 0.3) is 0 Å². The fourth-order valence-corrected chi connectivity index (χ4v) is 5.07. The van der Waals surface area contributed by atoms with Crippen LogP contribution in [-0.4, -0.2) is 49.0 Å². The minimum Gasteiger partial charge on any atom is -0.376 e. The van der Waals surface area contributed by atoms with E-state index in [1.807, 2.05) is 18.2 Å². The Labute approximate surface area is 141 Å². The lowest BCUT2D eigenvalue weighted by molar-refractivity contribution is 0.0277. The second-order valence-corrected chi connectivity index (χ2v) is 8.51. The van der Waals surface area contributed by atoms with Gasteiger partial charge in [0.15, 0.2) is 0 Å². The lowest BCUT2D eigenvalue weighted by Gasteiger charge is -2.30. The van der Waals surface area contributed by atoms with Crippen LogP contribution in [0.1, 0.15) is 24.0 Å². The minimum atomic E-state index is -3.50. The Morgan fingerprint density at radius 2 is 2.26 bits per heavy atom. The van der Waals surface area contributed by atoms with Crippen LogP contribution < -0.4 is 5.48 Å². The molecule has 8 heteroatoms. The Morgan fingerprint density at radius 3 is 2.96 bits per heavy atom. The van der Waals surface area contributed by atoms with Crippen molar-refractivity contribution in [1.82, 2.24) is 9.79 Å². The highest BCUT2D eigenvalue weighted by atomic mass is 35.5. The van der Waals surface area contributed by atoms with Gasteiger partial charge >= 0.3 is 0 Å². The number of benzene rings is 1. The van der Waals surface area contributed by atoms with E-state index in [0.29, 0.717) is 31.1 Å². The molecule has 1 fully saturated rings. The van der Waals surface area contributed by atoms with Crippen LogP contribution in [0, 0.1) is 0 Å². The molecule has 6 nitrogen and oxygen atoms in total. The van der Waals surface area contributed by atoms with Gasteiger partial charge in [-0.1, -0.05) is 17.7 Å². The van der Waals surface area contributed by atoms with E-state index in [0.717, 1.165) is 24.0 Å². The van der Waals surface area contributed by atoms with Crippen molar-refractivity contribution < 1.29 is 18.4 Å². The first kappa shape index (κ1) is 17.1. The maximum absolute atomic E-state index is 12.7. The summed E-state index contributed by atoms with van der Waals surface area (Å²) >= 11 is 6.00. The maximum atomic E-state index is 12.7. The van der Waals surface area contributed by atoms with Gasteiger partial charge in [-0.15, -0.1) is 0 Å². The number of hydrogen-bond donors (Lipinski definition) is 2. The molecular formula is C15H21ClN2O4S. The number of sulfonamides is 1. The van der Waals surface area contributed by atoms with E-state index >= 15 is 0 Å². The fraction of sp³-hybridized carbons (Fsp3) is 0.600. The predicted octanol–water partition coefficient (Wildman–Crippen LogP) is 1.55. The quantitative estimate of drug-likeness (QED) is 0.779. The van der Waals surface area contributed by atoms with E-state index in [2.05, 4.69) is 5.48 Å². The summed E-state index contributed by atoms with van der Waals surface area (Å²) in [4.78, 5) is 0. The number of fused-ring (bicyclic) bond motifs is 1. The number of hydroxylamine groups is 1. The number of hydrogen-bond acceptors (Lipinski definition) is 5. The van der Waals surface area contributed by atoms with Crippen LogP contribution in [-0.2, 0) is 27.7 Å². The van der Waals surface area contributed by atoms with E-state index in [-0.39, 0.29) is 11.9 Å². The molecule has 2 N–H and O–H groups in total. The van der Waals surface area contributed by atoms with Gasteiger partial charge in [-0.3, -0.25) is 0 Å². The van der Waals surface area contributed by atoms with Crippen LogP contribution in [0.5, 0.6) is 0 Å². The molecule has 2 aliphatic rings. The first-order valence-corrected chi connectivity index (χ1v) is 9.74. The predicted molar refractivity (Wildman–Crippen MR) is 87.0 cm³/mol. The minimum absolute atomic E-state index is 0.177. The van der Waals surface area contributed by atoms with Crippen LogP contribution in [0.25, 0.3) is 0 Å². The lowest BCUT2D eigenvalue weighted by Crippen LogP contribution is -2.47. The summed E-state index contributed by atoms with van der Waals surface area (Å²) in [6.07, 6.45) is 2.05. The van der Waals surface area contributed by atoms with Gasteiger partial charge in [0.2, 0.25) is 10.0 Å². The molecule has 0 aliphatic carbocycles. The van der Waals surface area contributed by atoms with E-state index < -0.39 is 16.1 Å². The summed E-state index contributed by atoms with van der Waals surface area (Å²) in [5.74, 6) is -0.177. The van der Waals surface area contributed by atoms with Gasteiger partial charge in [-0.25, -0.2) is 8.42 Å². The van der Waals surface area contributed by atoms with Crippen LogP contribution in [0.3, 0.4) is 0 Å². The van der Waals surface area contributed by atoms with Gasteiger partial charge in [0, 0.05) is 24.7 Å². The third-order valence-corrected chi connectivity index (χ3v) is 6.62. The van der Waals surface area contributed by atoms with Gasteiger partial charge in [-0.05, 0) is 42.5 Å². The molecular weight excluding hydrogens is 340 g/mol. The Hall–Kier alpha value is -0.700. The lowest BCUT2D eigenvalue weighted by atomic mass is 10.0. The first-order valence-electron chi connectivity index (χ1n) is 7.76. The van der Waals surface area contributed by atoms with Gasteiger partial charge < -0.3 is 9.94 Å². The van der Waals surface area contributed by atoms with Crippen LogP contribution >= 0.6 is 11.6 Å². The molecule has 3 rings (SSSR count). The Morgan fingerprint density at radius 1 is 1.43 bits per heavy atom. The van der Waals surface area contributed by atoms with Gasteiger partial charge in [0.05, 0.1) is 17.9 Å². The third-order valence-electron chi connectivity index (χ3n) is 4.51. The molecule has 1 saturated heterocycles. The van der Waals surface area contributed by atoms with E-state index in [1.165, 1.54) is 4.31 Å². The second-order valence-electron chi connectivity index (χ2n) is 6.06. The van der Waals surface area contributed by atoms with Crippen LogP contribution in [0.15, 0.2) is 18.2 Å². The molecule has 0 spiro atoms. The summed E-state index contributed by atoms with van der Waals surface area (Å²) in [7, 11) is -3.50. The average molecular weight is 361 g/mol. The van der Waals surface area contributed by atoms with E-state index in [4.69, 9.17) is 16.3 Å². The zero-order valence-corrected chi connectivity index (χ0v) is 14.3. The molecule has 0 saturated carbocycles. The zero-order valence-electron chi connectivity index (χ0n) is 12.7. The number of halogens is 1. The normalized spacial score (nSPS) is 23.7. The van der Waals surface area contributed by atoms with Crippen molar-refractivity contribution in [2.75, 3.05) is 18.9 Å². The summed E-state index contributed by atoms with van der Waals surface area (Å²) < 4.78 is 32.3. The van der Waals surface area contributed by atoms with Crippen molar-refractivity contribution in [3.63, 3.8) is 0 Å². The maximum Gasteiger partial charge on any atom is 0.216 e. The summed E-state index contributed by atoms with van der Waals surface area (Å²) in [6, 6.07) is 4.99. The molecule has 128 valence electrons.